The van der Waals surface area contributed by atoms with Gasteiger partial charge >= 0.3 is 0 Å². The van der Waals surface area contributed by atoms with Gasteiger partial charge in [0.05, 0.1) is 18.1 Å². The molecule has 0 heterocycles. The van der Waals surface area contributed by atoms with Crippen LogP contribution in [0.15, 0.2) is 18.2 Å². The van der Waals surface area contributed by atoms with Crippen molar-refractivity contribution in [3.63, 3.8) is 0 Å². The molecule has 4 nitrogen and oxygen atoms in total. The molecule has 1 unspecified atom stereocenters. The van der Waals surface area contributed by atoms with Crippen molar-refractivity contribution in [3.05, 3.63) is 33.8 Å². The van der Waals surface area contributed by atoms with Crippen molar-refractivity contribution in [2.75, 3.05) is 6.54 Å². The van der Waals surface area contributed by atoms with E-state index < -0.39 is 11.7 Å². The van der Waals surface area contributed by atoms with E-state index in [1.807, 2.05) is 0 Å². The molecule has 1 aromatic carbocycles. The second-order valence-corrected chi connectivity index (χ2v) is 6.73. The molecule has 3 N–H and O–H groups in total. The number of nitrogens with one attached hydrogen (secondary N) is 1. The van der Waals surface area contributed by atoms with E-state index in [-0.39, 0.29) is 18.9 Å². The highest BCUT2D eigenvalue weighted by Gasteiger charge is 2.31. The molecule has 2 rings (SSSR count). The van der Waals surface area contributed by atoms with Crippen LogP contribution in [0.25, 0.3) is 0 Å². The lowest BCUT2D eigenvalue weighted by atomic mass is 9.82. The Balaban J connectivity index is 1.88. The summed E-state index contributed by atoms with van der Waals surface area (Å²) in [7, 11) is 0. The lowest BCUT2D eigenvalue weighted by Gasteiger charge is -2.31. The Morgan fingerprint density at radius 2 is 1.82 bits per heavy atom. The molecular weight excluding hydrogens is 325 g/mol. The Morgan fingerprint density at radius 1 is 1.23 bits per heavy atom. The van der Waals surface area contributed by atoms with Gasteiger partial charge in [0, 0.05) is 22.2 Å². The van der Waals surface area contributed by atoms with Crippen molar-refractivity contribution in [1.29, 1.82) is 0 Å². The van der Waals surface area contributed by atoms with Gasteiger partial charge in [0.25, 0.3) is 0 Å². The van der Waals surface area contributed by atoms with Gasteiger partial charge in [-0.25, -0.2) is 0 Å². The van der Waals surface area contributed by atoms with Crippen LogP contribution < -0.4 is 5.32 Å². The molecule has 1 aliphatic rings. The third-order valence-electron chi connectivity index (χ3n) is 4.10. The highest BCUT2D eigenvalue weighted by Crippen LogP contribution is 2.31. The standard InChI is InChI=1S/C16H21Cl2NO3/c17-11-5-4-6-12(18)15(11)13(20)10-19-14(21)9-16(22)7-2-1-3-8-16/h4-6,13,20,22H,1-3,7-10H2,(H,19,21). The van der Waals surface area contributed by atoms with E-state index in [1.165, 1.54) is 0 Å². The minimum absolute atomic E-state index is 0.0123. The van der Waals surface area contributed by atoms with Crippen LogP contribution in [0.1, 0.15) is 50.2 Å². The van der Waals surface area contributed by atoms with Crippen molar-refractivity contribution in [3.8, 4) is 0 Å². The largest absolute Gasteiger partial charge is 0.389 e. The molecule has 0 bridgehead atoms. The van der Waals surface area contributed by atoms with E-state index in [0.717, 1.165) is 19.3 Å². The first-order valence-corrected chi connectivity index (χ1v) is 8.28. The fraction of sp³-hybridized carbons (Fsp3) is 0.562. The molecule has 1 aromatic rings. The maximum absolute atomic E-state index is 12.0. The molecule has 122 valence electrons. The molecule has 0 radical (unpaired) electrons. The average molecular weight is 346 g/mol. The minimum atomic E-state index is -0.980. The SMILES string of the molecule is O=C(CC1(O)CCCCC1)NCC(O)c1c(Cl)cccc1Cl. The Bertz CT molecular complexity index is 510. The molecule has 0 spiro atoms. The summed E-state index contributed by atoms with van der Waals surface area (Å²) in [6.45, 7) is 0.0123. The molecule has 1 atom stereocenters. The van der Waals surface area contributed by atoms with Crippen LogP contribution in [0, 0.1) is 0 Å². The number of hydrogen-bond acceptors (Lipinski definition) is 3. The zero-order valence-electron chi connectivity index (χ0n) is 12.3. The van der Waals surface area contributed by atoms with Crippen LogP contribution in [0.2, 0.25) is 10.0 Å². The first kappa shape index (κ1) is 17.5. The van der Waals surface area contributed by atoms with E-state index >= 15 is 0 Å². The molecule has 1 aliphatic carbocycles. The molecule has 1 amide bonds. The summed E-state index contributed by atoms with van der Waals surface area (Å²) < 4.78 is 0. The first-order chi connectivity index (χ1) is 10.4. The van der Waals surface area contributed by atoms with Crippen LogP contribution in [0.5, 0.6) is 0 Å². The Morgan fingerprint density at radius 3 is 2.41 bits per heavy atom. The number of rotatable bonds is 5. The van der Waals surface area contributed by atoms with Gasteiger partial charge in [-0.3, -0.25) is 4.79 Å². The van der Waals surface area contributed by atoms with Crippen LogP contribution >= 0.6 is 23.2 Å². The van der Waals surface area contributed by atoms with E-state index in [9.17, 15) is 15.0 Å². The summed E-state index contributed by atoms with van der Waals surface area (Å²) >= 11 is 12.0. The fourth-order valence-corrected chi connectivity index (χ4v) is 3.54. The van der Waals surface area contributed by atoms with Crippen LogP contribution in [0.4, 0.5) is 0 Å². The summed E-state index contributed by atoms with van der Waals surface area (Å²) in [5.74, 6) is -0.272. The third kappa shape index (κ3) is 4.59. The Kier molecular flexibility index (Phi) is 6.09. The fourth-order valence-electron chi connectivity index (χ4n) is 2.89. The van der Waals surface area contributed by atoms with E-state index in [4.69, 9.17) is 23.2 Å². The van der Waals surface area contributed by atoms with Gasteiger partial charge in [0.1, 0.15) is 0 Å². The van der Waals surface area contributed by atoms with E-state index in [2.05, 4.69) is 5.32 Å². The van der Waals surface area contributed by atoms with Crippen molar-refractivity contribution < 1.29 is 15.0 Å². The zero-order valence-corrected chi connectivity index (χ0v) is 13.8. The average Bonchev–Trinajstić information content (AvgIpc) is 2.45. The molecule has 0 aromatic heterocycles. The second kappa shape index (κ2) is 7.64. The summed E-state index contributed by atoms with van der Waals surface area (Å²) in [4.78, 5) is 12.0. The highest BCUT2D eigenvalue weighted by atomic mass is 35.5. The molecular formula is C16H21Cl2NO3. The zero-order chi connectivity index (χ0) is 16.2. The summed E-state index contributed by atoms with van der Waals surface area (Å²) in [5.41, 5.74) is -0.502. The number of carbonyl (C=O) groups excluding carboxylic acids is 1. The normalized spacial score (nSPS) is 18.7. The lowest BCUT2D eigenvalue weighted by Crippen LogP contribution is -2.39. The lowest BCUT2D eigenvalue weighted by molar-refractivity contribution is -0.127. The number of aliphatic hydroxyl groups excluding tert-OH is 1. The van der Waals surface area contributed by atoms with Gasteiger partial charge in [0.2, 0.25) is 5.91 Å². The number of amides is 1. The Labute approximate surface area is 140 Å². The molecule has 22 heavy (non-hydrogen) atoms. The summed E-state index contributed by atoms with van der Waals surface area (Å²) in [6.07, 6.45) is 3.39. The quantitative estimate of drug-likeness (QED) is 0.767. The summed E-state index contributed by atoms with van der Waals surface area (Å²) in [6, 6.07) is 4.97. The minimum Gasteiger partial charge on any atom is -0.389 e. The number of benzene rings is 1. The van der Waals surface area contributed by atoms with Crippen molar-refractivity contribution >= 4 is 29.1 Å². The number of hydrogen-bond donors (Lipinski definition) is 3. The molecule has 0 saturated heterocycles. The highest BCUT2D eigenvalue weighted by molar-refractivity contribution is 6.36. The smallest absolute Gasteiger partial charge is 0.222 e. The molecule has 1 saturated carbocycles. The van der Waals surface area contributed by atoms with Gasteiger partial charge in [0.15, 0.2) is 0 Å². The third-order valence-corrected chi connectivity index (χ3v) is 4.76. The van der Waals surface area contributed by atoms with Gasteiger partial charge in [-0.2, -0.15) is 0 Å². The second-order valence-electron chi connectivity index (χ2n) is 5.92. The van der Waals surface area contributed by atoms with Gasteiger partial charge in [-0.05, 0) is 25.0 Å². The maximum atomic E-state index is 12.0. The van der Waals surface area contributed by atoms with Crippen LogP contribution in [-0.2, 0) is 4.79 Å². The Hall–Kier alpha value is -0.810. The first-order valence-electron chi connectivity index (χ1n) is 7.52. The predicted octanol–water partition coefficient (Wildman–Crippen LogP) is 3.23. The van der Waals surface area contributed by atoms with Crippen molar-refractivity contribution in [2.24, 2.45) is 0 Å². The van der Waals surface area contributed by atoms with Crippen LogP contribution in [0.3, 0.4) is 0 Å². The molecule has 6 heteroatoms. The monoisotopic (exact) mass is 345 g/mol. The summed E-state index contributed by atoms with van der Waals surface area (Å²) in [5, 5.41) is 23.9. The van der Waals surface area contributed by atoms with Gasteiger partial charge in [-0.1, -0.05) is 48.5 Å². The van der Waals surface area contributed by atoms with Gasteiger partial charge in [-0.15, -0.1) is 0 Å². The molecule has 1 fully saturated rings. The number of halogens is 2. The number of carbonyl (C=O) groups is 1. The maximum Gasteiger partial charge on any atom is 0.222 e. The topological polar surface area (TPSA) is 69.6 Å². The van der Waals surface area contributed by atoms with Gasteiger partial charge < -0.3 is 15.5 Å². The predicted molar refractivity (Wildman–Crippen MR) is 87.1 cm³/mol. The van der Waals surface area contributed by atoms with Crippen molar-refractivity contribution in [2.45, 2.75) is 50.2 Å². The molecule has 0 aliphatic heterocycles. The van der Waals surface area contributed by atoms with E-state index in [0.29, 0.717) is 28.5 Å². The van der Waals surface area contributed by atoms with Crippen LogP contribution in [-0.4, -0.2) is 28.3 Å². The van der Waals surface area contributed by atoms with Crippen molar-refractivity contribution in [1.82, 2.24) is 5.32 Å². The van der Waals surface area contributed by atoms with E-state index in [1.54, 1.807) is 18.2 Å². The number of aliphatic hydroxyl groups is 2.